The molecule has 0 aromatic heterocycles. The van der Waals surface area contributed by atoms with E-state index in [0.29, 0.717) is 10.0 Å². The minimum atomic E-state index is -0.705. The van der Waals surface area contributed by atoms with Crippen LogP contribution >= 0.6 is 15.9 Å². The van der Waals surface area contributed by atoms with Gasteiger partial charge in [0.2, 0.25) is 0 Å². The number of halogens is 3. The molecule has 1 N–H and O–H groups in total. The second kappa shape index (κ2) is 5.96. The van der Waals surface area contributed by atoms with Crippen molar-refractivity contribution >= 4 is 27.3 Å². The lowest BCUT2D eigenvalue weighted by Crippen LogP contribution is -2.01. The van der Waals surface area contributed by atoms with Gasteiger partial charge in [0.05, 0.1) is 15.5 Å². The van der Waals surface area contributed by atoms with Gasteiger partial charge < -0.3 is 5.32 Å². The zero-order valence-corrected chi connectivity index (χ0v) is 11.7. The fraction of sp³-hybridized carbons (Fsp3) is 0.0769. The van der Waals surface area contributed by atoms with E-state index in [1.807, 2.05) is 0 Å². The number of anilines is 1. The lowest BCUT2D eigenvalue weighted by atomic mass is 10.2. The summed E-state index contributed by atoms with van der Waals surface area (Å²) in [5.74, 6) is -1.11. The number of nitrogens with zero attached hydrogens (tertiary/aromatic N) is 1. The van der Waals surface area contributed by atoms with Crippen molar-refractivity contribution in [2.24, 2.45) is 0 Å². The number of benzene rings is 2. The second-order valence-electron chi connectivity index (χ2n) is 4.06. The topological polar surface area (TPSA) is 55.2 Å². The summed E-state index contributed by atoms with van der Waals surface area (Å²) in [5, 5.41) is 13.4. The van der Waals surface area contributed by atoms with E-state index in [9.17, 15) is 18.9 Å². The first kappa shape index (κ1) is 14.4. The predicted molar refractivity (Wildman–Crippen MR) is 74.5 cm³/mol. The normalized spacial score (nSPS) is 10.3. The molecule has 4 nitrogen and oxygen atoms in total. The maximum Gasteiger partial charge on any atom is 0.274 e. The van der Waals surface area contributed by atoms with Crippen LogP contribution in [0.25, 0.3) is 0 Å². The first-order valence-electron chi connectivity index (χ1n) is 5.58. The molecule has 0 unspecified atom stereocenters. The number of non-ortho nitro benzene ring substituents is 1. The number of nitro groups is 1. The molecule has 0 aliphatic rings. The highest BCUT2D eigenvalue weighted by molar-refractivity contribution is 9.10. The second-order valence-corrected chi connectivity index (χ2v) is 4.91. The van der Waals surface area contributed by atoms with Gasteiger partial charge in [-0.2, -0.15) is 0 Å². The van der Waals surface area contributed by atoms with E-state index in [0.717, 1.165) is 12.1 Å². The van der Waals surface area contributed by atoms with Crippen molar-refractivity contribution in [3.05, 3.63) is 68.2 Å². The molecule has 20 heavy (non-hydrogen) atoms. The van der Waals surface area contributed by atoms with Gasteiger partial charge >= 0.3 is 0 Å². The first-order valence-corrected chi connectivity index (χ1v) is 6.38. The molecule has 7 heteroatoms. The van der Waals surface area contributed by atoms with Crippen LogP contribution in [0.4, 0.5) is 20.2 Å². The van der Waals surface area contributed by atoms with Crippen LogP contribution in [0.3, 0.4) is 0 Å². The van der Waals surface area contributed by atoms with Gasteiger partial charge in [-0.05, 0) is 39.7 Å². The average molecular weight is 343 g/mol. The maximum absolute atomic E-state index is 13.3. The number of hydrogen-bond donors (Lipinski definition) is 1. The van der Waals surface area contributed by atoms with Crippen LogP contribution in [0, 0.1) is 21.7 Å². The van der Waals surface area contributed by atoms with Crippen LogP contribution in [0.15, 0.2) is 40.9 Å². The van der Waals surface area contributed by atoms with Crippen molar-refractivity contribution in [1.29, 1.82) is 0 Å². The highest BCUT2D eigenvalue weighted by Crippen LogP contribution is 2.21. The third-order valence-corrected chi connectivity index (χ3v) is 3.22. The number of nitrogens with one attached hydrogen (secondary N) is 1. The SMILES string of the molecule is O=[N+]([O-])c1cc(F)cc(NCc2ccc(Br)c(F)c2)c1. The summed E-state index contributed by atoms with van der Waals surface area (Å²) in [4.78, 5) is 9.95. The Hall–Kier alpha value is -2.02. The number of hydrogen-bond acceptors (Lipinski definition) is 3. The molecular weight excluding hydrogens is 334 g/mol. The quantitative estimate of drug-likeness (QED) is 0.667. The molecule has 0 saturated heterocycles. The number of nitro benzene ring substituents is 1. The number of rotatable bonds is 4. The third-order valence-electron chi connectivity index (χ3n) is 2.57. The third kappa shape index (κ3) is 3.51. The molecule has 0 radical (unpaired) electrons. The van der Waals surface area contributed by atoms with Gasteiger partial charge in [0.15, 0.2) is 0 Å². The van der Waals surface area contributed by atoms with Crippen LogP contribution < -0.4 is 5.32 Å². The summed E-state index contributed by atoms with van der Waals surface area (Å²) in [6.45, 7) is 0.227. The standard InChI is InChI=1S/C13H9BrF2N2O2/c14-12-2-1-8(3-13(12)16)7-17-10-4-9(15)5-11(6-10)18(19)20/h1-6,17H,7H2. The first-order chi connectivity index (χ1) is 9.45. The van der Waals surface area contributed by atoms with Gasteiger partial charge in [0.25, 0.3) is 5.69 Å². The molecule has 0 heterocycles. The monoisotopic (exact) mass is 342 g/mol. The Balaban J connectivity index is 2.14. The molecule has 2 rings (SSSR count). The van der Waals surface area contributed by atoms with Crippen molar-refractivity contribution < 1.29 is 13.7 Å². The van der Waals surface area contributed by atoms with Crippen LogP contribution in [-0.4, -0.2) is 4.92 Å². The van der Waals surface area contributed by atoms with Gasteiger partial charge in [0.1, 0.15) is 11.6 Å². The van der Waals surface area contributed by atoms with Crippen molar-refractivity contribution in [3.63, 3.8) is 0 Å². The highest BCUT2D eigenvalue weighted by Gasteiger charge is 2.09. The molecule has 104 valence electrons. The Kier molecular flexibility index (Phi) is 4.29. The molecule has 0 saturated carbocycles. The minimum absolute atomic E-state index is 0.227. The molecular formula is C13H9BrF2N2O2. The van der Waals surface area contributed by atoms with Crippen LogP contribution in [0.5, 0.6) is 0 Å². The summed E-state index contributed by atoms with van der Waals surface area (Å²) in [6.07, 6.45) is 0. The van der Waals surface area contributed by atoms with Gasteiger partial charge in [0, 0.05) is 18.3 Å². The molecule has 2 aromatic rings. The average Bonchev–Trinajstić information content (AvgIpc) is 2.39. The molecule has 0 aliphatic carbocycles. The van der Waals surface area contributed by atoms with E-state index in [2.05, 4.69) is 21.2 Å². The Morgan fingerprint density at radius 1 is 1.20 bits per heavy atom. The Morgan fingerprint density at radius 3 is 2.60 bits per heavy atom. The van der Waals surface area contributed by atoms with Gasteiger partial charge in [-0.25, -0.2) is 8.78 Å². The van der Waals surface area contributed by atoms with Crippen molar-refractivity contribution in [2.45, 2.75) is 6.54 Å². The van der Waals surface area contributed by atoms with Crippen molar-refractivity contribution in [2.75, 3.05) is 5.32 Å². The molecule has 0 fully saturated rings. The summed E-state index contributed by atoms with van der Waals surface area (Å²) in [6, 6.07) is 7.77. The molecule has 0 atom stereocenters. The summed E-state index contributed by atoms with van der Waals surface area (Å²) >= 11 is 3.04. The fourth-order valence-corrected chi connectivity index (χ4v) is 1.88. The smallest absolute Gasteiger partial charge is 0.274 e. The lowest BCUT2D eigenvalue weighted by molar-refractivity contribution is -0.385. The van der Waals surface area contributed by atoms with E-state index < -0.39 is 16.6 Å². The van der Waals surface area contributed by atoms with E-state index in [1.165, 1.54) is 12.1 Å². The Bertz CT molecular complexity index is 665. The maximum atomic E-state index is 13.3. The van der Waals surface area contributed by atoms with Crippen LogP contribution in [0.1, 0.15) is 5.56 Å². The fourth-order valence-electron chi connectivity index (χ4n) is 1.64. The molecule has 0 spiro atoms. The summed E-state index contributed by atoms with van der Waals surface area (Å²) in [7, 11) is 0. The van der Waals surface area contributed by atoms with Crippen molar-refractivity contribution in [3.8, 4) is 0 Å². The highest BCUT2D eigenvalue weighted by atomic mass is 79.9. The lowest BCUT2D eigenvalue weighted by Gasteiger charge is -2.07. The van der Waals surface area contributed by atoms with E-state index >= 15 is 0 Å². The van der Waals surface area contributed by atoms with E-state index in [1.54, 1.807) is 12.1 Å². The largest absolute Gasteiger partial charge is 0.381 e. The van der Waals surface area contributed by atoms with Crippen LogP contribution in [0.2, 0.25) is 0 Å². The van der Waals surface area contributed by atoms with E-state index in [-0.39, 0.29) is 17.9 Å². The van der Waals surface area contributed by atoms with Crippen molar-refractivity contribution in [1.82, 2.24) is 0 Å². The zero-order chi connectivity index (χ0) is 14.7. The summed E-state index contributed by atoms with van der Waals surface area (Å²) in [5.41, 5.74) is 0.562. The summed E-state index contributed by atoms with van der Waals surface area (Å²) < 4.78 is 26.9. The van der Waals surface area contributed by atoms with Gasteiger partial charge in [-0.15, -0.1) is 0 Å². The minimum Gasteiger partial charge on any atom is -0.381 e. The molecule has 2 aromatic carbocycles. The van der Waals surface area contributed by atoms with Gasteiger partial charge in [-0.3, -0.25) is 10.1 Å². The molecule has 0 amide bonds. The van der Waals surface area contributed by atoms with E-state index in [4.69, 9.17) is 0 Å². The Labute approximate surface area is 121 Å². The molecule has 0 bridgehead atoms. The molecule has 0 aliphatic heterocycles. The van der Waals surface area contributed by atoms with Crippen LogP contribution in [-0.2, 0) is 6.54 Å². The zero-order valence-electron chi connectivity index (χ0n) is 10.1. The van der Waals surface area contributed by atoms with Gasteiger partial charge in [-0.1, -0.05) is 6.07 Å². The Morgan fingerprint density at radius 2 is 1.95 bits per heavy atom. The predicted octanol–water partition coefficient (Wildman–Crippen LogP) is 4.25.